The van der Waals surface area contributed by atoms with Crippen molar-refractivity contribution in [2.45, 2.75) is 0 Å². The summed E-state index contributed by atoms with van der Waals surface area (Å²) in [4.78, 5) is 0. The molecular formula is C32H23BO2. The fourth-order valence-corrected chi connectivity index (χ4v) is 4.39. The number of benzene rings is 6. The van der Waals surface area contributed by atoms with E-state index in [2.05, 4.69) is 109 Å². The van der Waals surface area contributed by atoms with Gasteiger partial charge in [-0.2, -0.15) is 0 Å². The van der Waals surface area contributed by atoms with Crippen LogP contribution < -0.4 is 9.31 Å². The first-order valence-corrected chi connectivity index (χ1v) is 11.8. The van der Waals surface area contributed by atoms with E-state index in [4.69, 9.17) is 9.31 Å². The van der Waals surface area contributed by atoms with Gasteiger partial charge in [-0.05, 0) is 80.2 Å². The Balaban J connectivity index is 1.07. The molecule has 0 N–H and O–H groups in total. The molecule has 0 fully saturated rings. The molecule has 0 aliphatic heterocycles. The summed E-state index contributed by atoms with van der Waals surface area (Å²) in [5, 5.41) is 4.98. The van der Waals surface area contributed by atoms with Crippen molar-refractivity contribution in [2.75, 3.05) is 0 Å². The van der Waals surface area contributed by atoms with Crippen molar-refractivity contribution in [1.82, 2.24) is 0 Å². The van der Waals surface area contributed by atoms with Crippen molar-refractivity contribution in [2.24, 2.45) is 0 Å². The molecule has 0 aliphatic carbocycles. The smallest absolute Gasteiger partial charge is 0.529 e. The monoisotopic (exact) mass is 450 g/mol. The SMILES string of the molecule is B(Oc1ccc(-c2ccc3ccccc3c2)cc1)Oc1ccc(-c2ccc3ccccc3c2)cc1. The van der Waals surface area contributed by atoms with E-state index in [0.717, 1.165) is 22.6 Å². The fourth-order valence-electron chi connectivity index (χ4n) is 4.39. The van der Waals surface area contributed by atoms with E-state index >= 15 is 0 Å². The lowest BCUT2D eigenvalue weighted by Gasteiger charge is -2.10. The third-order valence-electron chi connectivity index (χ3n) is 6.33. The molecule has 166 valence electrons. The molecule has 0 saturated heterocycles. The van der Waals surface area contributed by atoms with Crippen LogP contribution in [0, 0.1) is 0 Å². The van der Waals surface area contributed by atoms with Gasteiger partial charge in [0.25, 0.3) is 0 Å². The first-order chi connectivity index (χ1) is 17.3. The Bertz CT molecular complexity index is 1480. The third kappa shape index (κ3) is 4.62. The molecule has 0 unspecified atom stereocenters. The minimum atomic E-state index is 0.157. The number of rotatable bonds is 6. The molecular weight excluding hydrogens is 427 g/mol. The summed E-state index contributed by atoms with van der Waals surface area (Å²) in [5.74, 6) is 1.56. The number of hydrogen-bond donors (Lipinski definition) is 0. The summed E-state index contributed by atoms with van der Waals surface area (Å²) in [7, 11) is 0.157. The van der Waals surface area contributed by atoms with Crippen LogP contribution >= 0.6 is 0 Å². The summed E-state index contributed by atoms with van der Waals surface area (Å²) in [5.41, 5.74) is 4.71. The molecule has 0 aromatic heterocycles. The van der Waals surface area contributed by atoms with E-state index in [9.17, 15) is 0 Å². The van der Waals surface area contributed by atoms with Crippen molar-refractivity contribution >= 4 is 29.2 Å². The maximum Gasteiger partial charge on any atom is 0.576 e. The highest BCUT2D eigenvalue weighted by Gasteiger charge is 2.04. The molecule has 6 rings (SSSR count). The van der Waals surface area contributed by atoms with Crippen LogP contribution in [0.1, 0.15) is 0 Å². The Morgan fingerprint density at radius 3 is 1.14 bits per heavy atom. The molecule has 0 aliphatic rings. The Morgan fingerprint density at radius 2 is 0.714 bits per heavy atom. The lowest BCUT2D eigenvalue weighted by Crippen LogP contribution is -2.10. The second-order valence-corrected chi connectivity index (χ2v) is 8.58. The van der Waals surface area contributed by atoms with E-state index in [-0.39, 0.29) is 7.69 Å². The summed E-state index contributed by atoms with van der Waals surface area (Å²) in [6.45, 7) is 0. The second kappa shape index (κ2) is 9.40. The largest absolute Gasteiger partial charge is 0.576 e. The van der Waals surface area contributed by atoms with Crippen LogP contribution in [0.5, 0.6) is 11.5 Å². The molecule has 6 aromatic carbocycles. The highest BCUT2D eigenvalue weighted by atomic mass is 16.6. The average molecular weight is 450 g/mol. The van der Waals surface area contributed by atoms with Crippen LogP contribution in [0.4, 0.5) is 0 Å². The van der Waals surface area contributed by atoms with Gasteiger partial charge in [0.05, 0.1) is 0 Å². The standard InChI is InChI=1S/C32H23BO2/c1-3-7-27-21-29(11-9-23(27)5-1)25-13-17-31(18-14-25)34-33-35-32-19-15-26(16-20-32)30-12-10-24-6-2-4-8-28(24)22-30/h1-22,33H. The Hall–Kier alpha value is -4.50. The van der Waals surface area contributed by atoms with E-state index in [0.29, 0.717) is 0 Å². The summed E-state index contributed by atoms with van der Waals surface area (Å²) >= 11 is 0. The Kier molecular flexibility index (Phi) is 5.66. The van der Waals surface area contributed by atoms with Crippen LogP contribution in [0.25, 0.3) is 43.8 Å². The topological polar surface area (TPSA) is 18.5 Å². The van der Waals surface area contributed by atoms with E-state index < -0.39 is 0 Å². The maximum atomic E-state index is 5.81. The van der Waals surface area contributed by atoms with E-state index in [1.165, 1.54) is 32.7 Å². The Morgan fingerprint density at radius 1 is 0.343 bits per heavy atom. The lowest BCUT2D eigenvalue weighted by atomic mass is 10.0. The fraction of sp³-hybridized carbons (Fsp3) is 0. The zero-order chi connectivity index (χ0) is 23.5. The predicted molar refractivity (Wildman–Crippen MR) is 147 cm³/mol. The molecule has 0 spiro atoms. The summed E-state index contributed by atoms with van der Waals surface area (Å²) in [6, 6.07) is 46.1. The summed E-state index contributed by atoms with van der Waals surface area (Å²) in [6.07, 6.45) is 0. The van der Waals surface area contributed by atoms with Crippen LogP contribution in [0.15, 0.2) is 133 Å². The first-order valence-electron chi connectivity index (χ1n) is 11.8. The number of fused-ring (bicyclic) bond motifs is 2. The molecule has 0 bridgehead atoms. The van der Waals surface area contributed by atoms with Crippen molar-refractivity contribution in [1.29, 1.82) is 0 Å². The van der Waals surface area contributed by atoms with Gasteiger partial charge in [0.1, 0.15) is 11.5 Å². The minimum absolute atomic E-state index is 0.157. The molecule has 0 amide bonds. The third-order valence-corrected chi connectivity index (χ3v) is 6.33. The highest BCUT2D eigenvalue weighted by Crippen LogP contribution is 2.28. The first kappa shape index (κ1) is 21.1. The minimum Gasteiger partial charge on any atom is -0.529 e. The van der Waals surface area contributed by atoms with Gasteiger partial charge in [-0.1, -0.05) is 97.1 Å². The van der Waals surface area contributed by atoms with E-state index in [1.54, 1.807) is 0 Å². The second-order valence-electron chi connectivity index (χ2n) is 8.58. The van der Waals surface area contributed by atoms with Crippen molar-refractivity contribution in [3.05, 3.63) is 133 Å². The molecule has 35 heavy (non-hydrogen) atoms. The zero-order valence-electron chi connectivity index (χ0n) is 19.2. The van der Waals surface area contributed by atoms with Gasteiger partial charge >= 0.3 is 7.69 Å². The maximum absolute atomic E-state index is 5.81. The Labute approximate surface area is 205 Å². The van der Waals surface area contributed by atoms with Gasteiger partial charge in [-0.25, -0.2) is 0 Å². The predicted octanol–water partition coefficient (Wildman–Crippen LogP) is 8.05. The van der Waals surface area contributed by atoms with Crippen molar-refractivity contribution in [3.63, 3.8) is 0 Å². The van der Waals surface area contributed by atoms with Crippen LogP contribution in [0.3, 0.4) is 0 Å². The lowest BCUT2D eigenvalue weighted by molar-refractivity contribution is 0.459. The van der Waals surface area contributed by atoms with Gasteiger partial charge in [0.2, 0.25) is 0 Å². The molecule has 0 atom stereocenters. The van der Waals surface area contributed by atoms with Gasteiger partial charge in [-0.3, -0.25) is 0 Å². The molecule has 2 nitrogen and oxygen atoms in total. The molecule has 3 heteroatoms. The molecule has 6 aromatic rings. The molecule has 0 radical (unpaired) electrons. The normalized spacial score (nSPS) is 10.9. The van der Waals surface area contributed by atoms with Gasteiger partial charge in [0, 0.05) is 0 Å². The van der Waals surface area contributed by atoms with Gasteiger partial charge < -0.3 is 9.31 Å². The van der Waals surface area contributed by atoms with Crippen LogP contribution in [0.2, 0.25) is 0 Å². The quantitative estimate of drug-likeness (QED) is 0.239. The average Bonchev–Trinajstić information content (AvgIpc) is 2.93. The van der Waals surface area contributed by atoms with Crippen LogP contribution in [-0.2, 0) is 0 Å². The van der Waals surface area contributed by atoms with Gasteiger partial charge in [-0.15, -0.1) is 0 Å². The zero-order valence-corrected chi connectivity index (χ0v) is 19.2. The van der Waals surface area contributed by atoms with Crippen LogP contribution in [-0.4, -0.2) is 7.69 Å². The highest BCUT2D eigenvalue weighted by molar-refractivity contribution is 6.20. The summed E-state index contributed by atoms with van der Waals surface area (Å²) < 4.78 is 11.6. The molecule has 0 heterocycles. The molecule has 0 saturated carbocycles. The number of hydrogen-bond acceptors (Lipinski definition) is 2. The van der Waals surface area contributed by atoms with Crippen molar-refractivity contribution in [3.8, 4) is 33.8 Å². The van der Waals surface area contributed by atoms with Gasteiger partial charge in [0.15, 0.2) is 0 Å². The van der Waals surface area contributed by atoms with Crippen molar-refractivity contribution < 1.29 is 9.31 Å². The van der Waals surface area contributed by atoms with E-state index in [1.807, 2.05) is 24.3 Å².